The van der Waals surface area contributed by atoms with Crippen molar-refractivity contribution in [1.82, 2.24) is 9.97 Å². The molecule has 0 fully saturated rings. The van der Waals surface area contributed by atoms with E-state index in [1.807, 2.05) is 20.8 Å². The van der Waals surface area contributed by atoms with Crippen LogP contribution in [0.3, 0.4) is 0 Å². The number of aromatic hydroxyl groups is 1. The Balaban J connectivity index is 2.33. The molecule has 0 atom stereocenters. The summed E-state index contributed by atoms with van der Waals surface area (Å²) in [6.07, 6.45) is 0.399. The predicted octanol–water partition coefficient (Wildman–Crippen LogP) is 5.10. The molecule has 0 amide bonds. The van der Waals surface area contributed by atoms with Gasteiger partial charge in [0.2, 0.25) is 0 Å². The van der Waals surface area contributed by atoms with E-state index in [2.05, 4.69) is 9.97 Å². The largest absolute Gasteiger partial charge is 0.507 e. The summed E-state index contributed by atoms with van der Waals surface area (Å²) in [5, 5.41) is 11.0. The Kier molecular flexibility index (Phi) is 5.84. The summed E-state index contributed by atoms with van der Waals surface area (Å²) in [6, 6.07) is 4.03. The van der Waals surface area contributed by atoms with E-state index >= 15 is 0 Å². The van der Waals surface area contributed by atoms with E-state index in [0.717, 1.165) is 12.1 Å². The van der Waals surface area contributed by atoms with Crippen molar-refractivity contribution in [1.29, 1.82) is 0 Å². The molecule has 0 bridgehead atoms. The number of aromatic amines is 1. The molecule has 0 aliphatic carbocycles. The maximum absolute atomic E-state index is 12.9. The molecule has 2 N–H and O–H groups in total. The molecular weight excluding hydrogens is 469 g/mol. The molecule has 11 heteroatoms. The first-order valence-electron chi connectivity index (χ1n) is 9.50. The smallest absolute Gasteiger partial charge is 0.501 e. The summed E-state index contributed by atoms with van der Waals surface area (Å²) in [5.74, 6) is -0.159. The molecule has 1 heterocycles. The Morgan fingerprint density at radius 2 is 1.78 bits per heavy atom. The SMILES string of the molecule is CCc1c(Cl)cc(C(C)(C)C)c(O)c1-c1nc2ccc(S(=O)(=O)C(F)(F)F)cc2c(=O)[nH]1. The van der Waals surface area contributed by atoms with E-state index in [9.17, 15) is 31.5 Å². The highest BCUT2D eigenvalue weighted by Crippen LogP contribution is 2.43. The summed E-state index contributed by atoms with van der Waals surface area (Å²) >= 11 is 6.43. The Labute approximate surface area is 187 Å². The number of hydrogen-bond acceptors (Lipinski definition) is 5. The lowest BCUT2D eigenvalue weighted by Crippen LogP contribution is -2.23. The molecule has 32 heavy (non-hydrogen) atoms. The number of halogens is 4. The minimum Gasteiger partial charge on any atom is -0.507 e. The quantitative estimate of drug-likeness (QED) is 0.534. The molecule has 0 saturated carbocycles. The highest BCUT2D eigenvalue weighted by molar-refractivity contribution is 7.92. The van der Waals surface area contributed by atoms with Gasteiger partial charge in [0.1, 0.15) is 11.6 Å². The van der Waals surface area contributed by atoms with Crippen molar-refractivity contribution < 1.29 is 26.7 Å². The van der Waals surface area contributed by atoms with Gasteiger partial charge in [-0.1, -0.05) is 39.3 Å². The number of alkyl halides is 3. The fourth-order valence-electron chi connectivity index (χ4n) is 3.39. The molecule has 0 unspecified atom stereocenters. The number of hydrogen-bond donors (Lipinski definition) is 2. The van der Waals surface area contributed by atoms with E-state index in [1.54, 1.807) is 13.0 Å². The molecule has 172 valence electrons. The average Bonchev–Trinajstić information content (AvgIpc) is 2.66. The van der Waals surface area contributed by atoms with Crippen molar-refractivity contribution in [3.63, 3.8) is 0 Å². The van der Waals surface area contributed by atoms with Gasteiger partial charge >= 0.3 is 5.51 Å². The van der Waals surface area contributed by atoms with Gasteiger partial charge in [-0.3, -0.25) is 4.79 Å². The van der Waals surface area contributed by atoms with E-state index in [-0.39, 0.29) is 28.0 Å². The Morgan fingerprint density at radius 3 is 2.31 bits per heavy atom. The second kappa shape index (κ2) is 7.77. The Morgan fingerprint density at radius 1 is 1.16 bits per heavy atom. The van der Waals surface area contributed by atoms with Gasteiger partial charge in [0.15, 0.2) is 0 Å². The van der Waals surface area contributed by atoms with Crippen LogP contribution in [0.4, 0.5) is 13.2 Å². The molecule has 3 rings (SSSR count). The van der Waals surface area contributed by atoms with Crippen LogP contribution in [0.5, 0.6) is 5.75 Å². The summed E-state index contributed by atoms with van der Waals surface area (Å²) in [7, 11) is -5.63. The first kappa shape index (κ1) is 24.1. The average molecular weight is 489 g/mol. The van der Waals surface area contributed by atoms with E-state index < -0.39 is 31.2 Å². The van der Waals surface area contributed by atoms with Gasteiger partial charge in [-0.15, -0.1) is 0 Å². The van der Waals surface area contributed by atoms with Gasteiger partial charge < -0.3 is 10.1 Å². The number of phenolic OH excluding ortho intramolecular Hbond substituents is 1. The van der Waals surface area contributed by atoms with Crippen molar-refractivity contribution in [2.75, 3.05) is 0 Å². The lowest BCUT2D eigenvalue weighted by atomic mass is 9.83. The van der Waals surface area contributed by atoms with Crippen LogP contribution in [0, 0.1) is 0 Å². The van der Waals surface area contributed by atoms with Gasteiger partial charge in [0.05, 0.1) is 21.4 Å². The zero-order valence-electron chi connectivity index (χ0n) is 17.6. The third-order valence-electron chi connectivity index (χ3n) is 5.04. The summed E-state index contributed by atoms with van der Waals surface area (Å²) in [6.45, 7) is 7.40. The minimum absolute atomic E-state index is 0.0312. The number of nitrogens with zero attached hydrogens (tertiary/aromatic N) is 1. The van der Waals surface area contributed by atoms with Crippen molar-refractivity contribution in [3.8, 4) is 17.1 Å². The molecule has 6 nitrogen and oxygen atoms in total. The molecule has 0 aliphatic heterocycles. The van der Waals surface area contributed by atoms with Gasteiger partial charge in [0, 0.05) is 10.6 Å². The second-order valence-corrected chi connectivity index (χ2v) is 10.6. The van der Waals surface area contributed by atoms with Crippen LogP contribution in [0.2, 0.25) is 5.02 Å². The maximum atomic E-state index is 12.9. The molecular formula is C21H20ClF3N2O4S. The summed E-state index contributed by atoms with van der Waals surface area (Å²) in [5.41, 5.74) is -5.65. The normalized spacial score (nSPS) is 13.0. The topological polar surface area (TPSA) is 100 Å². The number of nitrogens with one attached hydrogen (secondary N) is 1. The van der Waals surface area contributed by atoms with Crippen molar-refractivity contribution in [2.24, 2.45) is 0 Å². The highest BCUT2D eigenvalue weighted by atomic mass is 35.5. The number of H-pyrrole nitrogens is 1. The first-order chi connectivity index (χ1) is 14.6. The van der Waals surface area contributed by atoms with E-state index in [1.165, 1.54) is 0 Å². The lowest BCUT2D eigenvalue weighted by molar-refractivity contribution is -0.0435. The van der Waals surface area contributed by atoms with Crippen molar-refractivity contribution in [3.05, 3.63) is 50.8 Å². The van der Waals surface area contributed by atoms with Gasteiger partial charge in [-0.05, 0) is 41.7 Å². The number of phenols is 1. The standard InChI is InChI=1S/C21H20ClF3N2O4S/c1-5-11-14(22)9-13(20(2,3)4)17(28)16(11)18-26-15-7-6-10(8-12(15)19(29)27-18)32(30,31)21(23,24)25/h6-9,28H,5H2,1-4H3,(H,26,27,29). The molecule has 3 aromatic rings. The summed E-state index contributed by atoms with van der Waals surface area (Å²) in [4.78, 5) is 18.3. The minimum atomic E-state index is -5.63. The highest BCUT2D eigenvalue weighted by Gasteiger charge is 2.47. The van der Waals surface area contributed by atoms with Gasteiger partial charge in [-0.25, -0.2) is 13.4 Å². The fourth-order valence-corrected chi connectivity index (χ4v) is 4.51. The lowest BCUT2D eigenvalue weighted by Gasteiger charge is -2.24. The predicted molar refractivity (Wildman–Crippen MR) is 116 cm³/mol. The molecule has 1 aromatic heterocycles. The summed E-state index contributed by atoms with van der Waals surface area (Å²) < 4.78 is 62.0. The van der Waals surface area contributed by atoms with Crippen LogP contribution in [0.15, 0.2) is 34.0 Å². The van der Waals surface area contributed by atoms with Crippen molar-refractivity contribution >= 4 is 32.3 Å². The Bertz CT molecular complexity index is 1390. The molecule has 0 radical (unpaired) electrons. The molecule has 0 saturated heterocycles. The molecule has 0 aliphatic rings. The second-order valence-electron chi connectivity index (χ2n) is 8.25. The number of benzene rings is 2. The van der Waals surface area contributed by atoms with Crippen LogP contribution in [0.1, 0.15) is 38.8 Å². The monoisotopic (exact) mass is 488 g/mol. The third-order valence-corrected chi connectivity index (χ3v) is 6.86. The zero-order valence-corrected chi connectivity index (χ0v) is 19.1. The fraction of sp³-hybridized carbons (Fsp3) is 0.333. The third kappa shape index (κ3) is 3.97. The van der Waals surface area contributed by atoms with Crippen LogP contribution in [-0.4, -0.2) is 29.0 Å². The van der Waals surface area contributed by atoms with Crippen molar-refractivity contribution in [2.45, 2.75) is 49.9 Å². The van der Waals surface area contributed by atoms with Crippen LogP contribution < -0.4 is 5.56 Å². The first-order valence-corrected chi connectivity index (χ1v) is 11.4. The van der Waals surface area contributed by atoms with Gasteiger partial charge in [0.25, 0.3) is 15.4 Å². The van der Waals surface area contributed by atoms with Crippen LogP contribution in [-0.2, 0) is 21.7 Å². The van der Waals surface area contributed by atoms with Crippen LogP contribution >= 0.6 is 11.6 Å². The van der Waals surface area contributed by atoms with E-state index in [4.69, 9.17) is 11.6 Å². The number of aromatic nitrogens is 2. The van der Waals surface area contributed by atoms with E-state index in [0.29, 0.717) is 28.6 Å². The number of rotatable bonds is 3. The molecule has 2 aromatic carbocycles. The molecule has 0 spiro atoms. The Hall–Kier alpha value is -2.59. The number of fused-ring (bicyclic) bond motifs is 1. The number of sulfone groups is 1. The zero-order chi connectivity index (χ0) is 24.2. The van der Waals surface area contributed by atoms with Crippen LogP contribution in [0.25, 0.3) is 22.3 Å². The van der Waals surface area contributed by atoms with Gasteiger partial charge in [-0.2, -0.15) is 13.2 Å². The maximum Gasteiger partial charge on any atom is 0.501 e.